The summed E-state index contributed by atoms with van der Waals surface area (Å²) in [6.07, 6.45) is 1.23. The second-order valence-corrected chi connectivity index (χ2v) is 7.73. The number of rotatable bonds is 5. The summed E-state index contributed by atoms with van der Waals surface area (Å²) in [7, 11) is 0.289. The van der Waals surface area contributed by atoms with E-state index in [4.69, 9.17) is 4.74 Å². The molecule has 0 radical (unpaired) electrons. The highest BCUT2D eigenvalue weighted by atomic mass is 32.2. The first-order chi connectivity index (χ1) is 10.4. The zero-order valence-electron chi connectivity index (χ0n) is 12.9. The van der Waals surface area contributed by atoms with Crippen LogP contribution in [0.1, 0.15) is 12.0 Å². The zero-order valence-corrected chi connectivity index (χ0v) is 13.7. The third kappa shape index (κ3) is 4.37. The van der Waals surface area contributed by atoms with Crippen molar-refractivity contribution in [3.05, 3.63) is 29.8 Å². The molecule has 0 bridgehead atoms. The summed E-state index contributed by atoms with van der Waals surface area (Å²) in [5, 5.41) is 2.82. The van der Waals surface area contributed by atoms with Gasteiger partial charge in [-0.05, 0) is 30.5 Å². The van der Waals surface area contributed by atoms with Crippen molar-refractivity contribution in [2.45, 2.75) is 18.9 Å². The smallest absolute Gasteiger partial charge is 0.317 e. The number of nitrogens with zero attached hydrogens (tertiary/aromatic N) is 1. The van der Waals surface area contributed by atoms with Crippen molar-refractivity contribution in [3.63, 3.8) is 0 Å². The van der Waals surface area contributed by atoms with Gasteiger partial charge in [-0.1, -0.05) is 12.1 Å². The van der Waals surface area contributed by atoms with Crippen LogP contribution in [0.5, 0.6) is 5.75 Å². The topological polar surface area (TPSA) is 75.7 Å². The second kappa shape index (κ2) is 7.00. The number of benzene rings is 1. The van der Waals surface area contributed by atoms with Gasteiger partial charge in [0.15, 0.2) is 9.84 Å². The van der Waals surface area contributed by atoms with Gasteiger partial charge in [-0.3, -0.25) is 0 Å². The largest absolute Gasteiger partial charge is 0.497 e. The van der Waals surface area contributed by atoms with Crippen LogP contribution < -0.4 is 10.1 Å². The summed E-state index contributed by atoms with van der Waals surface area (Å²) in [5.41, 5.74) is 1.10. The molecule has 1 aliphatic rings. The molecule has 1 saturated heterocycles. The Bertz CT molecular complexity index is 613. The Balaban J connectivity index is 1.77. The number of nitrogens with one attached hydrogen (secondary N) is 1. The van der Waals surface area contributed by atoms with E-state index in [1.807, 2.05) is 24.3 Å². The molecular weight excluding hydrogens is 304 g/mol. The van der Waals surface area contributed by atoms with E-state index < -0.39 is 9.84 Å². The lowest BCUT2D eigenvalue weighted by Gasteiger charge is -2.23. The van der Waals surface area contributed by atoms with E-state index in [1.54, 1.807) is 14.2 Å². The van der Waals surface area contributed by atoms with Gasteiger partial charge in [-0.15, -0.1) is 0 Å². The molecule has 0 spiro atoms. The standard InChI is InChI=1S/C15H22N2O4S/c1-17(13-8-10-22(19,20)11-13)15(18)16-9-7-12-3-5-14(21-2)6-4-12/h3-6,13H,7-11H2,1-2H3,(H,16,18). The number of hydrogen-bond donors (Lipinski definition) is 1. The first-order valence-corrected chi connectivity index (χ1v) is 9.07. The summed E-state index contributed by atoms with van der Waals surface area (Å²) in [5.74, 6) is 1.03. The predicted molar refractivity (Wildman–Crippen MR) is 84.9 cm³/mol. The molecule has 2 rings (SSSR count). The molecule has 1 fully saturated rings. The minimum absolute atomic E-state index is 0.0649. The maximum Gasteiger partial charge on any atom is 0.317 e. The molecular formula is C15H22N2O4S. The third-order valence-electron chi connectivity index (χ3n) is 3.93. The molecule has 1 aromatic carbocycles. The number of sulfone groups is 1. The number of amides is 2. The first-order valence-electron chi connectivity index (χ1n) is 7.25. The molecule has 22 heavy (non-hydrogen) atoms. The van der Waals surface area contributed by atoms with Crippen LogP contribution in [-0.2, 0) is 16.3 Å². The van der Waals surface area contributed by atoms with Crippen molar-refractivity contribution in [1.82, 2.24) is 10.2 Å². The molecule has 0 aromatic heterocycles. The molecule has 0 saturated carbocycles. The Labute approximate surface area is 131 Å². The van der Waals surface area contributed by atoms with Crippen molar-refractivity contribution < 1.29 is 17.9 Å². The Morgan fingerprint density at radius 2 is 2.05 bits per heavy atom. The van der Waals surface area contributed by atoms with E-state index in [9.17, 15) is 13.2 Å². The van der Waals surface area contributed by atoms with Crippen molar-refractivity contribution >= 4 is 15.9 Å². The lowest BCUT2D eigenvalue weighted by Crippen LogP contribution is -2.44. The molecule has 1 aromatic rings. The molecule has 1 aliphatic heterocycles. The Morgan fingerprint density at radius 3 is 2.59 bits per heavy atom. The monoisotopic (exact) mass is 326 g/mol. The van der Waals surface area contributed by atoms with E-state index in [2.05, 4.69) is 5.32 Å². The van der Waals surface area contributed by atoms with Crippen LogP contribution in [0.4, 0.5) is 4.79 Å². The van der Waals surface area contributed by atoms with E-state index in [0.717, 1.165) is 11.3 Å². The van der Waals surface area contributed by atoms with Crippen LogP contribution in [0.25, 0.3) is 0 Å². The first kappa shape index (κ1) is 16.6. The fourth-order valence-corrected chi connectivity index (χ4v) is 4.25. The molecule has 1 N–H and O–H groups in total. The van der Waals surface area contributed by atoms with Gasteiger partial charge in [0.25, 0.3) is 0 Å². The fraction of sp³-hybridized carbons (Fsp3) is 0.533. The molecule has 1 heterocycles. The summed E-state index contributed by atoms with van der Waals surface area (Å²) in [6.45, 7) is 0.509. The number of carbonyl (C=O) groups is 1. The van der Waals surface area contributed by atoms with Crippen LogP contribution >= 0.6 is 0 Å². The van der Waals surface area contributed by atoms with Crippen LogP contribution in [0.3, 0.4) is 0 Å². The predicted octanol–water partition coefficient (Wildman–Crippen LogP) is 1.07. The maximum absolute atomic E-state index is 12.0. The van der Waals surface area contributed by atoms with E-state index in [-0.39, 0.29) is 23.6 Å². The molecule has 122 valence electrons. The summed E-state index contributed by atoms with van der Waals surface area (Å²) >= 11 is 0. The quantitative estimate of drug-likeness (QED) is 0.878. The van der Waals surface area contributed by atoms with Gasteiger partial charge in [0.05, 0.1) is 18.6 Å². The molecule has 7 heteroatoms. The van der Waals surface area contributed by atoms with Crippen molar-refractivity contribution in [3.8, 4) is 5.75 Å². The van der Waals surface area contributed by atoms with Gasteiger partial charge in [0.1, 0.15) is 5.75 Å². The molecule has 6 nitrogen and oxygen atoms in total. The Morgan fingerprint density at radius 1 is 1.36 bits per heavy atom. The number of ether oxygens (including phenoxy) is 1. The minimum Gasteiger partial charge on any atom is -0.497 e. The van der Waals surface area contributed by atoms with Crippen LogP contribution in [-0.4, -0.2) is 57.6 Å². The number of carbonyl (C=O) groups excluding carboxylic acids is 1. The Kier molecular flexibility index (Phi) is 5.28. The summed E-state index contributed by atoms with van der Waals surface area (Å²) < 4.78 is 28.0. The van der Waals surface area contributed by atoms with Crippen molar-refractivity contribution in [2.24, 2.45) is 0 Å². The van der Waals surface area contributed by atoms with E-state index >= 15 is 0 Å². The molecule has 2 amide bonds. The van der Waals surface area contributed by atoms with Gasteiger partial charge in [-0.25, -0.2) is 13.2 Å². The van der Waals surface area contributed by atoms with Crippen molar-refractivity contribution in [2.75, 3.05) is 32.2 Å². The number of methoxy groups -OCH3 is 1. The van der Waals surface area contributed by atoms with Gasteiger partial charge < -0.3 is 15.0 Å². The molecule has 0 aliphatic carbocycles. The number of hydrogen-bond acceptors (Lipinski definition) is 4. The van der Waals surface area contributed by atoms with Crippen molar-refractivity contribution in [1.29, 1.82) is 0 Å². The maximum atomic E-state index is 12.0. The van der Waals surface area contributed by atoms with Gasteiger partial charge >= 0.3 is 6.03 Å². The summed E-state index contributed by atoms with van der Waals surface area (Å²) in [6, 6.07) is 7.23. The van der Waals surface area contributed by atoms with Crippen LogP contribution in [0.15, 0.2) is 24.3 Å². The molecule has 1 atom stereocenters. The minimum atomic E-state index is -2.98. The average Bonchev–Trinajstić information content (AvgIpc) is 2.87. The van der Waals surface area contributed by atoms with E-state index in [0.29, 0.717) is 19.4 Å². The van der Waals surface area contributed by atoms with Crippen LogP contribution in [0.2, 0.25) is 0 Å². The highest BCUT2D eigenvalue weighted by Crippen LogP contribution is 2.16. The average molecular weight is 326 g/mol. The van der Waals surface area contributed by atoms with Gasteiger partial charge in [0, 0.05) is 19.6 Å². The van der Waals surface area contributed by atoms with Gasteiger partial charge in [-0.2, -0.15) is 0 Å². The normalized spacial score (nSPS) is 19.6. The Hall–Kier alpha value is -1.76. The highest BCUT2D eigenvalue weighted by Gasteiger charge is 2.32. The number of urea groups is 1. The van der Waals surface area contributed by atoms with E-state index in [1.165, 1.54) is 4.90 Å². The van der Waals surface area contributed by atoms with Crippen LogP contribution in [0, 0.1) is 0 Å². The van der Waals surface area contributed by atoms with Gasteiger partial charge in [0.2, 0.25) is 0 Å². The summed E-state index contributed by atoms with van der Waals surface area (Å²) in [4.78, 5) is 13.5. The SMILES string of the molecule is COc1ccc(CCNC(=O)N(C)C2CCS(=O)(=O)C2)cc1. The lowest BCUT2D eigenvalue weighted by molar-refractivity contribution is 0.195. The molecule has 1 unspecified atom stereocenters. The highest BCUT2D eigenvalue weighted by molar-refractivity contribution is 7.91. The lowest BCUT2D eigenvalue weighted by atomic mass is 10.1. The fourth-order valence-electron chi connectivity index (χ4n) is 2.48. The third-order valence-corrected chi connectivity index (χ3v) is 5.68. The zero-order chi connectivity index (χ0) is 16.2. The second-order valence-electron chi connectivity index (χ2n) is 5.50.